The number of morpholine rings is 1. The minimum Gasteiger partial charge on any atom is -0.381 e. The Kier molecular flexibility index (Phi) is 12.7. The van der Waals surface area contributed by atoms with Crippen LogP contribution in [0.15, 0.2) is 29.3 Å². The molecule has 1 unspecified atom stereocenters. The van der Waals surface area contributed by atoms with Crippen molar-refractivity contribution in [1.29, 1.82) is 0 Å². The number of nitrogens with one attached hydrogen (secondary N) is 2. The van der Waals surface area contributed by atoms with E-state index in [9.17, 15) is 0 Å². The van der Waals surface area contributed by atoms with Crippen molar-refractivity contribution in [2.75, 3.05) is 52.6 Å². The summed E-state index contributed by atoms with van der Waals surface area (Å²) in [6, 6.07) is 9.03. The van der Waals surface area contributed by atoms with Gasteiger partial charge >= 0.3 is 0 Å². The van der Waals surface area contributed by atoms with Crippen LogP contribution in [0.5, 0.6) is 0 Å². The van der Waals surface area contributed by atoms with E-state index in [1.807, 2.05) is 0 Å². The van der Waals surface area contributed by atoms with Gasteiger partial charge in [-0.25, -0.2) is 4.99 Å². The van der Waals surface area contributed by atoms with E-state index in [0.29, 0.717) is 25.3 Å². The lowest BCUT2D eigenvalue weighted by Crippen LogP contribution is -2.49. The first-order valence-electron chi connectivity index (χ1n) is 11.4. The third kappa shape index (κ3) is 9.61. The molecule has 1 aromatic rings. The largest absolute Gasteiger partial charge is 0.381 e. The molecule has 3 rings (SSSR count). The van der Waals surface area contributed by atoms with Gasteiger partial charge in [0.25, 0.3) is 0 Å². The van der Waals surface area contributed by atoms with E-state index in [1.54, 1.807) is 0 Å². The fraction of sp³-hybridized carbons (Fsp3) is 0.696. The zero-order chi connectivity index (χ0) is 21.0. The van der Waals surface area contributed by atoms with Crippen molar-refractivity contribution in [3.05, 3.63) is 35.4 Å². The molecule has 31 heavy (non-hydrogen) atoms. The topological polar surface area (TPSA) is 67.4 Å². The van der Waals surface area contributed by atoms with Crippen molar-refractivity contribution in [2.45, 2.75) is 52.0 Å². The van der Waals surface area contributed by atoms with Crippen LogP contribution in [0.3, 0.4) is 0 Å². The quantitative estimate of drug-likeness (QED) is 0.282. The SMILES string of the molecule is CCNC(=NCc1ccc(COC2CCOCC2)cc1)NCC(C)N1CCOCC1.I. The van der Waals surface area contributed by atoms with Gasteiger partial charge in [-0.05, 0) is 37.8 Å². The molecule has 2 aliphatic heterocycles. The second-order valence-electron chi connectivity index (χ2n) is 8.01. The molecule has 2 heterocycles. The number of benzene rings is 1. The molecule has 0 aromatic heterocycles. The normalized spacial score (nSPS) is 19.5. The molecule has 0 radical (unpaired) electrons. The number of nitrogens with zero attached hydrogens (tertiary/aromatic N) is 2. The van der Waals surface area contributed by atoms with Gasteiger partial charge in [0.1, 0.15) is 0 Å². The van der Waals surface area contributed by atoms with Crippen LogP contribution in [-0.4, -0.2) is 75.6 Å². The van der Waals surface area contributed by atoms with Gasteiger partial charge in [-0.3, -0.25) is 4.90 Å². The predicted molar refractivity (Wildman–Crippen MR) is 135 cm³/mol. The Morgan fingerprint density at radius 2 is 1.71 bits per heavy atom. The van der Waals surface area contributed by atoms with Gasteiger partial charge in [-0.15, -0.1) is 24.0 Å². The summed E-state index contributed by atoms with van der Waals surface area (Å²) in [6.07, 6.45) is 2.32. The zero-order valence-electron chi connectivity index (χ0n) is 19.0. The average molecular weight is 546 g/mol. The van der Waals surface area contributed by atoms with Crippen molar-refractivity contribution in [1.82, 2.24) is 15.5 Å². The van der Waals surface area contributed by atoms with Crippen LogP contribution in [0.25, 0.3) is 0 Å². The number of hydrogen-bond acceptors (Lipinski definition) is 5. The first-order valence-corrected chi connectivity index (χ1v) is 11.4. The first-order chi connectivity index (χ1) is 14.7. The minimum absolute atomic E-state index is 0. The van der Waals surface area contributed by atoms with E-state index >= 15 is 0 Å². The van der Waals surface area contributed by atoms with Gasteiger partial charge in [0, 0.05) is 45.4 Å². The third-order valence-corrected chi connectivity index (χ3v) is 5.67. The van der Waals surface area contributed by atoms with Gasteiger partial charge in [-0.2, -0.15) is 0 Å². The molecule has 1 atom stereocenters. The molecule has 0 spiro atoms. The van der Waals surface area contributed by atoms with Crippen LogP contribution in [0, 0.1) is 0 Å². The number of halogens is 1. The summed E-state index contributed by atoms with van der Waals surface area (Å²) in [5, 5.41) is 6.83. The molecule has 0 aliphatic carbocycles. The van der Waals surface area contributed by atoms with Crippen molar-refractivity contribution in [3.63, 3.8) is 0 Å². The molecule has 8 heteroatoms. The van der Waals surface area contributed by atoms with Crippen molar-refractivity contribution >= 4 is 29.9 Å². The van der Waals surface area contributed by atoms with Gasteiger partial charge in [0.05, 0.1) is 32.5 Å². The number of guanidine groups is 1. The fourth-order valence-corrected chi connectivity index (χ4v) is 3.70. The lowest BCUT2D eigenvalue weighted by Gasteiger charge is -2.32. The Morgan fingerprint density at radius 1 is 1.06 bits per heavy atom. The summed E-state index contributed by atoms with van der Waals surface area (Å²) in [4.78, 5) is 7.22. The summed E-state index contributed by atoms with van der Waals surface area (Å²) >= 11 is 0. The van der Waals surface area contributed by atoms with Crippen LogP contribution in [0.2, 0.25) is 0 Å². The lowest BCUT2D eigenvalue weighted by molar-refractivity contribution is -0.0390. The van der Waals surface area contributed by atoms with E-state index in [4.69, 9.17) is 19.2 Å². The second-order valence-corrected chi connectivity index (χ2v) is 8.01. The van der Waals surface area contributed by atoms with Crippen LogP contribution >= 0.6 is 24.0 Å². The lowest BCUT2D eigenvalue weighted by atomic mass is 10.1. The molecule has 2 aliphatic rings. The highest BCUT2D eigenvalue weighted by atomic mass is 127. The molecular formula is C23H39IN4O3. The zero-order valence-corrected chi connectivity index (χ0v) is 21.3. The molecule has 2 N–H and O–H groups in total. The standard InChI is InChI=1S/C23H38N4O3.HI/c1-3-24-23(25-16-19(2)27-10-14-29-15-11-27)26-17-20-4-6-21(7-5-20)18-30-22-8-12-28-13-9-22;/h4-7,19,22H,3,8-18H2,1-2H3,(H2,24,25,26);1H. The maximum atomic E-state index is 6.00. The molecule has 0 saturated carbocycles. The fourth-order valence-electron chi connectivity index (χ4n) is 3.70. The monoisotopic (exact) mass is 546 g/mol. The molecule has 2 saturated heterocycles. The van der Waals surface area contributed by atoms with Gasteiger partial charge in [0.2, 0.25) is 0 Å². The Balaban J connectivity index is 0.00000341. The molecule has 0 bridgehead atoms. The molecule has 2 fully saturated rings. The van der Waals surface area contributed by atoms with Gasteiger partial charge in [0.15, 0.2) is 5.96 Å². The third-order valence-electron chi connectivity index (χ3n) is 5.67. The number of hydrogen-bond donors (Lipinski definition) is 2. The van der Waals surface area contributed by atoms with Crippen LogP contribution in [0.4, 0.5) is 0 Å². The van der Waals surface area contributed by atoms with Gasteiger partial charge < -0.3 is 24.8 Å². The van der Waals surface area contributed by atoms with E-state index in [0.717, 1.165) is 71.4 Å². The average Bonchev–Trinajstić information content (AvgIpc) is 2.81. The van der Waals surface area contributed by atoms with E-state index in [2.05, 4.69) is 53.6 Å². The van der Waals surface area contributed by atoms with Crippen LogP contribution in [0.1, 0.15) is 37.8 Å². The number of aliphatic imine (C=N–C) groups is 1. The summed E-state index contributed by atoms with van der Waals surface area (Å²) < 4.78 is 16.8. The summed E-state index contributed by atoms with van der Waals surface area (Å²) in [6.45, 7) is 12.7. The minimum atomic E-state index is 0. The number of rotatable bonds is 9. The summed E-state index contributed by atoms with van der Waals surface area (Å²) in [7, 11) is 0. The van der Waals surface area contributed by atoms with Crippen molar-refractivity contribution < 1.29 is 14.2 Å². The van der Waals surface area contributed by atoms with E-state index in [1.165, 1.54) is 11.1 Å². The van der Waals surface area contributed by atoms with Crippen molar-refractivity contribution in [2.24, 2.45) is 4.99 Å². The van der Waals surface area contributed by atoms with E-state index in [-0.39, 0.29) is 24.0 Å². The van der Waals surface area contributed by atoms with Crippen molar-refractivity contribution in [3.8, 4) is 0 Å². The maximum absolute atomic E-state index is 6.00. The maximum Gasteiger partial charge on any atom is 0.191 e. The Bertz CT molecular complexity index is 632. The molecule has 7 nitrogen and oxygen atoms in total. The molecule has 1 aromatic carbocycles. The highest BCUT2D eigenvalue weighted by Crippen LogP contribution is 2.14. The molecule has 0 amide bonds. The Morgan fingerprint density at radius 3 is 2.39 bits per heavy atom. The predicted octanol–water partition coefficient (Wildman–Crippen LogP) is 2.78. The smallest absolute Gasteiger partial charge is 0.191 e. The highest BCUT2D eigenvalue weighted by Gasteiger charge is 2.17. The Hall–Kier alpha value is -0.940. The molecule has 176 valence electrons. The molecular weight excluding hydrogens is 507 g/mol. The number of ether oxygens (including phenoxy) is 3. The van der Waals surface area contributed by atoms with Crippen LogP contribution < -0.4 is 10.6 Å². The second kappa shape index (κ2) is 15.0. The highest BCUT2D eigenvalue weighted by molar-refractivity contribution is 14.0. The summed E-state index contributed by atoms with van der Waals surface area (Å²) in [5.74, 6) is 0.865. The Labute approximate surface area is 204 Å². The van der Waals surface area contributed by atoms with Gasteiger partial charge in [-0.1, -0.05) is 24.3 Å². The van der Waals surface area contributed by atoms with Crippen LogP contribution in [-0.2, 0) is 27.4 Å². The first kappa shape index (κ1) is 26.3. The summed E-state index contributed by atoms with van der Waals surface area (Å²) in [5.41, 5.74) is 2.40. The van der Waals surface area contributed by atoms with E-state index < -0.39 is 0 Å².